The van der Waals surface area contributed by atoms with E-state index in [0.29, 0.717) is 44.5 Å². The fourth-order valence-electron chi connectivity index (χ4n) is 7.79. The van der Waals surface area contributed by atoms with E-state index in [4.69, 9.17) is 4.74 Å². The van der Waals surface area contributed by atoms with Gasteiger partial charge >= 0.3 is 5.97 Å². The Morgan fingerprint density at radius 2 is 1.56 bits per heavy atom. The van der Waals surface area contributed by atoms with Gasteiger partial charge in [0.1, 0.15) is 18.4 Å². The van der Waals surface area contributed by atoms with Gasteiger partial charge in [-0.2, -0.15) is 5.26 Å². The van der Waals surface area contributed by atoms with Crippen LogP contribution in [0.2, 0.25) is 0 Å². The lowest BCUT2D eigenvalue weighted by atomic mass is 9.69. The molecule has 0 radical (unpaired) electrons. The van der Waals surface area contributed by atoms with Crippen LogP contribution in [-0.2, 0) is 24.5 Å². The number of ether oxygens (including phenoxy) is 1. The van der Waals surface area contributed by atoms with Gasteiger partial charge in [0, 0.05) is 42.4 Å². The fraction of sp³-hybridized carbons (Fsp3) is 0.469. The number of nitrogens with zero attached hydrogens (tertiary/aromatic N) is 2. The molecular weight excluding hydrogens is 709 g/mol. The van der Waals surface area contributed by atoms with Gasteiger partial charge in [-0.05, 0) is 60.6 Å². The topological polar surface area (TPSA) is 112 Å². The molecule has 0 aliphatic carbocycles. The first-order valence-corrected chi connectivity index (χ1v) is 21.4. The molecule has 1 unspecified atom stereocenters. The lowest BCUT2D eigenvalue weighted by Crippen LogP contribution is -2.31. The minimum absolute atomic E-state index is 0.197. The van der Waals surface area contributed by atoms with Gasteiger partial charge < -0.3 is 29.9 Å². The number of anilines is 3. The smallest absolute Gasteiger partial charge is 0.306 e. The summed E-state index contributed by atoms with van der Waals surface area (Å²) in [5, 5.41) is 19.4. The number of nitrogens with one attached hydrogen (secondary N) is 2. The van der Waals surface area contributed by atoms with E-state index in [0.717, 1.165) is 90.3 Å². The maximum atomic E-state index is 13.8. The van der Waals surface area contributed by atoms with Gasteiger partial charge in [-0.25, -0.2) is 0 Å². The zero-order chi connectivity index (χ0) is 40.6. The van der Waals surface area contributed by atoms with Gasteiger partial charge in [0.25, 0.3) is 0 Å². The third-order valence-electron chi connectivity index (χ3n) is 10.9. The molecule has 1 heterocycles. The number of hydrogen-bond acceptors (Lipinski definition) is 8. The first-order valence-electron chi connectivity index (χ1n) is 21.4. The molecule has 0 saturated heterocycles. The van der Waals surface area contributed by atoms with E-state index in [2.05, 4.69) is 59.7 Å². The minimum Gasteiger partial charge on any atom is -0.466 e. The average molecular weight is 773 g/mol. The third kappa shape index (κ3) is 13.8. The van der Waals surface area contributed by atoms with Gasteiger partial charge in [0.2, 0.25) is 0 Å². The van der Waals surface area contributed by atoms with Gasteiger partial charge in [-0.1, -0.05) is 139 Å². The summed E-state index contributed by atoms with van der Waals surface area (Å²) in [6.07, 6.45) is 25.5. The first kappa shape index (κ1) is 44.6. The molecule has 8 nitrogen and oxygen atoms in total. The molecule has 1 atom stereocenters. The number of esters is 1. The van der Waals surface area contributed by atoms with Crippen molar-refractivity contribution in [2.75, 3.05) is 35.2 Å². The van der Waals surface area contributed by atoms with Crippen LogP contribution in [0.25, 0.3) is 10.8 Å². The summed E-state index contributed by atoms with van der Waals surface area (Å²) in [4.78, 5) is 38.6. The van der Waals surface area contributed by atoms with Gasteiger partial charge in [0.05, 0.1) is 36.0 Å². The number of fused-ring (bicyclic) bond motifs is 2. The van der Waals surface area contributed by atoms with Gasteiger partial charge in [0.15, 0.2) is 0 Å². The van der Waals surface area contributed by atoms with E-state index < -0.39 is 5.41 Å². The maximum Gasteiger partial charge on any atom is 0.306 e. The highest BCUT2D eigenvalue weighted by atomic mass is 16.5. The average Bonchev–Trinajstić information content (AvgIpc) is 3.59. The van der Waals surface area contributed by atoms with Crippen molar-refractivity contribution in [1.82, 2.24) is 0 Å². The molecule has 304 valence electrons. The molecule has 0 saturated carbocycles. The molecule has 3 aromatic carbocycles. The van der Waals surface area contributed by atoms with E-state index in [-0.39, 0.29) is 12.4 Å². The van der Waals surface area contributed by atoms with Crippen LogP contribution in [-0.4, -0.2) is 38.2 Å². The first-order chi connectivity index (χ1) is 28.0. The summed E-state index contributed by atoms with van der Waals surface area (Å²) in [5.74, 6) is 0.575. The SMILES string of the molecule is CCCCCCCCCCCCC(C/C=C/C(C#N)=C/C=C1\Nc2ccccc2N1CCC=O)(CC(=O)OCCCC)c1ccc2ccccc2c1NCCC=O. The van der Waals surface area contributed by atoms with E-state index in [9.17, 15) is 19.6 Å². The number of allylic oxidation sites excluding steroid dienone is 5. The summed E-state index contributed by atoms with van der Waals surface area (Å²) >= 11 is 0. The summed E-state index contributed by atoms with van der Waals surface area (Å²) in [5.41, 5.74) is 3.75. The van der Waals surface area contributed by atoms with Crippen LogP contribution < -0.4 is 15.5 Å². The van der Waals surface area contributed by atoms with Gasteiger partial charge in [-0.3, -0.25) is 4.79 Å². The highest BCUT2D eigenvalue weighted by Crippen LogP contribution is 2.45. The van der Waals surface area contributed by atoms with Crippen LogP contribution in [0.1, 0.15) is 129 Å². The zero-order valence-electron chi connectivity index (χ0n) is 34.4. The molecule has 57 heavy (non-hydrogen) atoms. The second-order valence-corrected chi connectivity index (χ2v) is 15.2. The molecule has 0 spiro atoms. The Labute approximate surface area is 341 Å². The van der Waals surface area contributed by atoms with E-state index in [1.165, 1.54) is 44.9 Å². The Hall–Kier alpha value is -5.16. The Morgan fingerprint density at radius 3 is 2.30 bits per heavy atom. The Balaban J connectivity index is 1.69. The van der Waals surface area contributed by atoms with E-state index in [1.54, 1.807) is 6.08 Å². The minimum atomic E-state index is -0.632. The second kappa shape index (κ2) is 25.2. The molecule has 2 N–H and O–H groups in total. The summed E-state index contributed by atoms with van der Waals surface area (Å²) in [7, 11) is 0. The molecule has 0 fully saturated rings. The van der Waals surface area contributed by atoms with Crippen LogP contribution in [0.4, 0.5) is 17.1 Å². The van der Waals surface area contributed by atoms with Crippen LogP contribution in [0, 0.1) is 11.3 Å². The van der Waals surface area contributed by atoms with Crippen LogP contribution in [0.3, 0.4) is 0 Å². The van der Waals surface area contributed by atoms with E-state index >= 15 is 0 Å². The van der Waals surface area contributed by atoms with Crippen LogP contribution in [0.5, 0.6) is 0 Å². The van der Waals surface area contributed by atoms with Crippen molar-refractivity contribution in [1.29, 1.82) is 5.26 Å². The van der Waals surface area contributed by atoms with Crippen molar-refractivity contribution in [3.05, 3.63) is 102 Å². The highest BCUT2D eigenvalue weighted by molar-refractivity contribution is 5.96. The molecule has 1 aliphatic heterocycles. The van der Waals surface area contributed by atoms with Crippen LogP contribution in [0.15, 0.2) is 96.4 Å². The third-order valence-corrected chi connectivity index (χ3v) is 10.9. The summed E-state index contributed by atoms with van der Waals surface area (Å²) in [6, 6.07) is 22.8. The highest BCUT2D eigenvalue weighted by Gasteiger charge is 2.36. The normalized spacial score (nSPS) is 14.3. The largest absolute Gasteiger partial charge is 0.466 e. The predicted octanol–water partition coefficient (Wildman–Crippen LogP) is 11.9. The lowest BCUT2D eigenvalue weighted by molar-refractivity contribution is -0.145. The maximum absolute atomic E-state index is 13.8. The number of nitriles is 1. The fourth-order valence-corrected chi connectivity index (χ4v) is 7.79. The number of aldehydes is 2. The number of rotatable bonds is 28. The molecular formula is C49H64N4O4. The van der Waals surface area contributed by atoms with Crippen molar-refractivity contribution in [2.45, 2.75) is 128 Å². The van der Waals surface area contributed by atoms with Crippen molar-refractivity contribution >= 4 is 46.4 Å². The lowest BCUT2D eigenvalue weighted by Gasteiger charge is -2.35. The number of benzene rings is 3. The second-order valence-electron chi connectivity index (χ2n) is 15.2. The Morgan fingerprint density at radius 1 is 0.860 bits per heavy atom. The monoisotopic (exact) mass is 772 g/mol. The number of carbonyl (C=O) groups is 3. The van der Waals surface area contributed by atoms with Crippen molar-refractivity contribution in [3.63, 3.8) is 0 Å². The number of para-hydroxylation sites is 2. The molecule has 8 heteroatoms. The molecule has 0 amide bonds. The zero-order valence-corrected chi connectivity index (χ0v) is 34.4. The van der Waals surface area contributed by atoms with Gasteiger partial charge in [-0.15, -0.1) is 0 Å². The molecule has 0 bridgehead atoms. The van der Waals surface area contributed by atoms with E-state index in [1.807, 2.05) is 54.6 Å². The van der Waals surface area contributed by atoms with Crippen molar-refractivity contribution in [2.24, 2.45) is 0 Å². The quantitative estimate of drug-likeness (QED) is 0.0247. The molecule has 0 aromatic heterocycles. The standard InChI is InChI=1S/C49H64N4O4/c1-3-5-7-8-9-10-11-12-13-18-31-49(38-47(56)57-37-6-4-2,43-29-28-41-23-14-15-24-42(41)48(43)51-33-20-35-54)32-19-22-40(39-50)27-30-46-52-44-25-16-17-26-45(44)53(46)34-21-36-55/h14-17,19,22-30,35-36,51-52H,3-13,18,20-21,31-34,37-38H2,1-2H3/b22-19+,40-27-,46-30+. The summed E-state index contributed by atoms with van der Waals surface area (Å²) < 4.78 is 5.86. The number of unbranched alkanes of at least 4 members (excludes halogenated alkanes) is 10. The Bertz CT molecular complexity index is 1860. The number of hydrogen-bond donors (Lipinski definition) is 2. The Kier molecular flexibility index (Phi) is 19.7. The summed E-state index contributed by atoms with van der Waals surface area (Å²) in [6.45, 7) is 5.73. The number of carbonyl (C=O) groups excluding carboxylic acids is 3. The molecule has 3 aromatic rings. The van der Waals surface area contributed by atoms with Crippen LogP contribution >= 0.6 is 0 Å². The van der Waals surface area contributed by atoms with Crippen molar-refractivity contribution < 1.29 is 19.1 Å². The van der Waals surface area contributed by atoms with Crippen molar-refractivity contribution in [3.8, 4) is 6.07 Å². The molecule has 1 aliphatic rings. The predicted molar refractivity (Wildman–Crippen MR) is 235 cm³/mol. The molecule has 4 rings (SSSR count).